The number of ether oxygens (including phenoxy) is 2. The van der Waals surface area contributed by atoms with Crippen molar-refractivity contribution in [1.82, 2.24) is 10.2 Å². The summed E-state index contributed by atoms with van der Waals surface area (Å²) in [5.41, 5.74) is 0.987. The van der Waals surface area contributed by atoms with Crippen LogP contribution in [0.5, 0.6) is 11.5 Å². The third kappa shape index (κ3) is 6.82. The Balaban J connectivity index is 1.92. The van der Waals surface area contributed by atoms with Gasteiger partial charge in [-0.15, -0.1) is 0 Å². The van der Waals surface area contributed by atoms with E-state index in [-0.39, 0.29) is 36.6 Å². The number of anilines is 1. The molecule has 0 saturated heterocycles. The molecule has 9 nitrogen and oxygen atoms in total. The Hall–Kier alpha value is -2.98. The number of carbonyl (C=O) groups is 2. The summed E-state index contributed by atoms with van der Waals surface area (Å²) in [4.78, 5) is 27.9. The van der Waals surface area contributed by atoms with Gasteiger partial charge in [0.15, 0.2) is 11.5 Å². The molecule has 36 heavy (non-hydrogen) atoms. The Morgan fingerprint density at radius 2 is 1.81 bits per heavy atom. The van der Waals surface area contributed by atoms with Gasteiger partial charge >= 0.3 is 0 Å². The molecule has 2 aromatic rings. The van der Waals surface area contributed by atoms with Crippen LogP contribution < -0.4 is 19.1 Å². The van der Waals surface area contributed by atoms with Crippen molar-refractivity contribution in [3.8, 4) is 11.5 Å². The highest BCUT2D eigenvalue weighted by Crippen LogP contribution is 2.36. The van der Waals surface area contributed by atoms with Gasteiger partial charge in [-0.25, -0.2) is 8.42 Å². The number of benzene rings is 2. The lowest BCUT2D eigenvalue weighted by Crippen LogP contribution is -2.51. The maximum Gasteiger partial charge on any atom is 0.244 e. The number of sulfonamides is 1. The van der Waals surface area contributed by atoms with E-state index in [0.29, 0.717) is 28.6 Å². The van der Waals surface area contributed by atoms with E-state index in [1.807, 2.05) is 13.8 Å². The van der Waals surface area contributed by atoms with E-state index in [4.69, 9.17) is 21.1 Å². The summed E-state index contributed by atoms with van der Waals surface area (Å²) in [6.07, 6.45) is 0. The first kappa shape index (κ1) is 27.6. The van der Waals surface area contributed by atoms with Gasteiger partial charge in [-0.1, -0.05) is 37.6 Å². The number of halogens is 1. The van der Waals surface area contributed by atoms with Gasteiger partial charge in [0, 0.05) is 24.2 Å². The molecule has 196 valence electrons. The van der Waals surface area contributed by atoms with Crippen molar-refractivity contribution in [2.24, 2.45) is 5.92 Å². The molecule has 1 N–H and O–H groups in total. The largest absolute Gasteiger partial charge is 0.454 e. The molecule has 2 amide bonds. The minimum Gasteiger partial charge on any atom is -0.454 e. The summed E-state index contributed by atoms with van der Waals surface area (Å²) >= 11 is 6.13. The summed E-state index contributed by atoms with van der Waals surface area (Å²) < 4.78 is 37.8. The Morgan fingerprint density at radius 1 is 1.08 bits per heavy atom. The molecule has 2 aromatic carbocycles. The van der Waals surface area contributed by atoms with Gasteiger partial charge in [0.1, 0.15) is 12.6 Å². The molecular weight excluding hydrogens is 506 g/mol. The van der Waals surface area contributed by atoms with Crippen LogP contribution in [0.2, 0.25) is 5.02 Å². The Kier molecular flexibility index (Phi) is 9.08. The van der Waals surface area contributed by atoms with Crippen molar-refractivity contribution >= 4 is 39.1 Å². The molecule has 3 rings (SSSR count). The Bertz CT molecular complexity index is 1200. The van der Waals surface area contributed by atoms with Crippen molar-refractivity contribution in [3.63, 3.8) is 0 Å². The lowest BCUT2D eigenvalue weighted by Gasteiger charge is -2.32. The average molecular weight is 538 g/mol. The second kappa shape index (κ2) is 11.8. The van der Waals surface area contributed by atoms with Crippen molar-refractivity contribution in [2.45, 2.75) is 40.3 Å². The van der Waals surface area contributed by atoms with Crippen molar-refractivity contribution in [1.29, 1.82) is 0 Å². The lowest BCUT2D eigenvalue weighted by atomic mass is 10.1. The van der Waals surface area contributed by atoms with E-state index in [0.717, 1.165) is 4.31 Å². The van der Waals surface area contributed by atoms with Crippen molar-refractivity contribution in [3.05, 3.63) is 53.1 Å². The maximum atomic E-state index is 13.6. The summed E-state index contributed by atoms with van der Waals surface area (Å²) in [5.74, 6) is 0.0525. The Labute approximate surface area is 217 Å². The third-order valence-electron chi connectivity index (χ3n) is 5.72. The summed E-state index contributed by atoms with van der Waals surface area (Å²) in [6.45, 7) is 7.15. The standard InChI is InChI=1S/C25H32ClN3O6S/c1-5-36(32,33)29(21-9-10-22-23(12-21)35-16-34-22)15-24(30)28(14-19-7-6-8-20(26)11-19)18(4)25(31)27-13-17(2)3/h6-12,17-18H,5,13-16H2,1-4H3,(H,27,31)/t18-/m0/s1. The van der Waals surface area contributed by atoms with Crippen molar-refractivity contribution in [2.75, 3.05) is 29.9 Å². The van der Waals surface area contributed by atoms with Crippen LogP contribution in [0.3, 0.4) is 0 Å². The second-order valence-electron chi connectivity index (χ2n) is 8.91. The number of amides is 2. The fraction of sp³-hybridized carbons (Fsp3) is 0.440. The molecule has 1 aliphatic rings. The summed E-state index contributed by atoms with van der Waals surface area (Å²) in [7, 11) is -3.84. The molecule has 1 heterocycles. The topological polar surface area (TPSA) is 105 Å². The molecule has 0 fully saturated rings. The van der Waals surface area contributed by atoms with Crippen LogP contribution in [0.25, 0.3) is 0 Å². The molecule has 0 unspecified atom stereocenters. The highest BCUT2D eigenvalue weighted by Gasteiger charge is 2.31. The van der Waals surface area contributed by atoms with Gasteiger partial charge in [-0.05, 0) is 49.6 Å². The molecule has 1 aliphatic heterocycles. The molecule has 0 saturated carbocycles. The van der Waals surface area contributed by atoms with E-state index in [2.05, 4.69) is 5.32 Å². The highest BCUT2D eigenvalue weighted by atomic mass is 35.5. The fourth-order valence-electron chi connectivity index (χ4n) is 3.63. The van der Waals surface area contributed by atoms with Crippen LogP contribution >= 0.6 is 11.6 Å². The number of hydrogen-bond acceptors (Lipinski definition) is 6. The molecule has 11 heteroatoms. The van der Waals surface area contributed by atoms with Crippen LogP contribution in [-0.4, -0.2) is 56.8 Å². The second-order valence-corrected chi connectivity index (χ2v) is 11.5. The predicted molar refractivity (Wildman–Crippen MR) is 139 cm³/mol. The zero-order valence-electron chi connectivity index (χ0n) is 20.9. The minimum atomic E-state index is -3.84. The van der Waals surface area contributed by atoms with Gasteiger partial charge < -0.3 is 19.7 Å². The first-order valence-electron chi connectivity index (χ1n) is 11.7. The van der Waals surface area contributed by atoms with Crippen molar-refractivity contribution < 1.29 is 27.5 Å². The van der Waals surface area contributed by atoms with Gasteiger partial charge in [-0.2, -0.15) is 0 Å². The number of rotatable bonds is 11. The number of carbonyl (C=O) groups excluding carboxylic acids is 2. The van der Waals surface area contributed by atoms with Gasteiger partial charge in [-0.3, -0.25) is 13.9 Å². The number of hydrogen-bond donors (Lipinski definition) is 1. The SMILES string of the molecule is CCS(=O)(=O)N(CC(=O)N(Cc1cccc(Cl)c1)[C@@H](C)C(=O)NCC(C)C)c1ccc2c(c1)OCO2. The number of nitrogens with zero attached hydrogens (tertiary/aromatic N) is 2. The summed E-state index contributed by atoms with van der Waals surface area (Å²) in [5, 5.41) is 3.34. The predicted octanol–water partition coefficient (Wildman–Crippen LogP) is 3.41. The monoisotopic (exact) mass is 537 g/mol. The van der Waals surface area contributed by atoms with Gasteiger partial charge in [0.2, 0.25) is 28.6 Å². The zero-order valence-corrected chi connectivity index (χ0v) is 22.4. The quantitative estimate of drug-likeness (QED) is 0.471. The normalized spacial score (nSPS) is 13.4. The minimum absolute atomic E-state index is 0.0364. The first-order valence-corrected chi connectivity index (χ1v) is 13.7. The van der Waals surface area contributed by atoms with E-state index >= 15 is 0 Å². The van der Waals surface area contributed by atoms with Crippen LogP contribution in [0.4, 0.5) is 5.69 Å². The number of nitrogens with one attached hydrogen (secondary N) is 1. The van der Waals surface area contributed by atoms with E-state index < -0.39 is 28.5 Å². The molecule has 0 spiro atoms. The fourth-order valence-corrected chi connectivity index (χ4v) is 4.89. The highest BCUT2D eigenvalue weighted by molar-refractivity contribution is 7.92. The van der Waals surface area contributed by atoms with Gasteiger partial charge in [0.25, 0.3) is 0 Å². The third-order valence-corrected chi connectivity index (χ3v) is 7.69. The molecule has 0 aliphatic carbocycles. The van der Waals surface area contributed by atoms with Crippen LogP contribution in [0, 0.1) is 5.92 Å². The molecular formula is C25H32ClN3O6S. The lowest BCUT2D eigenvalue weighted by molar-refractivity contribution is -0.139. The molecule has 1 atom stereocenters. The van der Waals surface area contributed by atoms with Crippen LogP contribution in [-0.2, 0) is 26.2 Å². The maximum absolute atomic E-state index is 13.6. The smallest absolute Gasteiger partial charge is 0.244 e. The molecule has 0 bridgehead atoms. The Morgan fingerprint density at radius 3 is 2.47 bits per heavy atom. The zero-order chi connectivity index (χ0) is 26.5. The van der Waals surface area contributed by atoms with Gasteiger partial charge in [0.05, 0.1) is 11.4 Å². The number of fused-ring (bicyclic) bond motifs is 1. The molecule has 0 aromatic heterocycles. The molecule has 0 radical (unpaired) electrons. The van der Waals surface area contributed by atoms with E-state index in [1.165, 1.54) is 17.9 Å². The van der Waals surface area contributed by atoms with E-state index in [1.54, 1.807) is 43.3 Å². The van der Waals surface area contributed by atoms with E-state index in [9.17, 15) is 18.0 Å². The van der Waals surface area contributed by atoms with Crippen LogP contribution in [0.15, 0.2) is 42.5 Å². The average Bonchev–Trinajstić information content (AvgIpc) is 3.31. The first-order chi connectivity index (χ1) is 17.0. The van der Waals surface area contributed by atoms with Crippen LogP contribution in [0.1, 0.15) is 33.3 Å². The summed E-state index contributed by atoms with van der Waals surface area (Å²) in [6, 6.07) is 10.8.